The molecule has 0 atom stereocenters. The van der Waals surface area contributed by atoms with Crippen LogP contribution in [0.1, 0.15) is 34.6 Å². The second kappa shape index (κ2) is 6.35. The molecule has 80 valence electrons. The van der Waals surface area contributed by atoms with Crippen LogP contribution in [-0.4, -0.2) is 25.8 Å². The van der Waals surface area contributed by atoms with Gasteiger partial charge in [-0.05, 0) is 20.8 Å². The fourth-order valence-electron chi connectivity index (χ4n) is 1.23. The highest BCUT2D eigenvalue weighted by Crippen LogP contribution is 2.25. The van der Waals surface area contributed by atoms with Gasteiger partial charge in [-0.2, -0.15) is 0 Å². The molecule has 0 aromatic rings. The van der Waals surface area contributed by atoms with Crippen molar-refractivity contribution >= 4 is 0 Å². The summed E-state index contributed by atoms with van der Waals surface area (Å²) in [6.45, 7) is 11.7. The number of ether oxygens (including phenoxy) is 3. The number of hydrogen-bond donors (Lipinski definition) is 0. The van der Waals surface area contributed by atoms with Gasteiger partial charge in [0.25, 0.3) is 5.97 Å². The van der Waals surface area contributed by atoms with Crippen LogP contribution in [0, 0.1) is 5.92 Å². The highest BCUT2D eigenvalue weighted by Gasteiger charge is 2.36. The summed E-state index contributed by atoms with van der Waals surface area (Å²) in [5, 5.41) is 0. The summed E-state index contributed by atoms with van der Waals surface area (Å²) < 4.78 is 16.6. The zero-order chi connectivity index (χ0) is 10.3. The van der Waals surface area contributed by atoms with Gasteiger partial charge in [-0.1, -0.05) is 13.8 Å². The SMILES string of the molecule is CCOC(OCC)(OCC)C(C)C. The Hall–Kier alpha value is -0.120. The maximum absolute atomic E-state index is 5.53. The van der Waals surface area contributed by atoms with Crippen LogP contribution in [-0.2, 0) is 14.2 Å². The van der Waals surface area contributed by atoms with Crippen LogP contribution in [0.5, 0.6) is 0 Å². The Morgan fingerprint density at radius 3 is 1.31 bits per heavy atom. The van der Waals surface area contributed by atoms with Gasteiger partial charge in [-0.3, -0.25) is 0 Å². The maximum atomic E-state index is 5.53. The van der Waals surface area contributed by atoms with E-state index in [0.29, 0.717) is 19.8 Å². The van der Waals surface area contributed by atoms with Crippen molar-refractivity contribution in [1.29, 1.82) is 0 Å². The van der Waals surface area contributed by atoms with Crippen LogP contribution < -0.4 is 0 Å². The van der Waals surface area contributed by atoms with E-state index in [-0.39, 0.29) is 5.92 Å². The van der Waals surface area contributed by atoms with Crippen molar-refractivity contribution in [3.05, 3.63) is 0 Å². The van der Waals surface area contributed by atoms with Crippen molar-refractivity contribution in [2.75, 3.05) is 19.8 Å². The summed E-state index contributed by atoms with van der Waals surface area (Å²) >= 11 is 0. The maximum Gasteiger partial charge on any atom is 0.285 e. The van der Waals surface area contributed by atoms with Crippen molar-refractivity contribution in [3.63, 3.8) is 0 Å². The Balaban J connectivity index is 4.38. The third-order valence-corrected chi connectivity index (χ3v) is 1.74. The van der Waals surface area contributed by atoms with Crippen molar-refractivity contribution in [2.45, 2.75) is 40.6 Å². The smallest absolute Gasteiger partial charge is 0.285 e. The van der Waals surface area contributed by atoms with E-state index in [0.717, 1.165) is 0 Å². The molecular formula is C10H22O3. The fraction of sp³-hybridized carbons (Fsp3) is 1.00. The Labute approximate surface area is 81.4 Å². The minimum absolute atomic E-state index is 0.187. The molecule has 3 heteroatoms. The molecule has 13 heavy (non-hydrogen) atoms. The fourth-order valence-corrected chi connectivity index (χ4v) is 1.23. The van der Waals surface area contributed by atoms with E-state index in [1.165, 1.54) is 0 Å². The van der Waals surface area contributed by atoms with Crippen molar-refractivity contribution in [1.82, 2.24) is 0 Å². The van der Waals surface area contributed by atoms with Crippen molar-refractivity contribution in [3.8, 4) is 0 Å². The molecule has 0 heterocycles. The van der Waals surface area contributed by atoms with E-state index in [2.05, 4.69) is 0 Å². The van der Waals surface area contributed by atoms with Gasteiger partial charge in [0.15, 0.2) is 0 Å². The van der Waals surface area contributed by atoms with Crippen LogP contribution in [0.25, 0.3) is 0 Å². The molecule has 0 fully saturated rings. The van der Waals surface area contributed by atoms with Crippen LogP contribution in [0.3, 0.4) is 0 Å². The van der Waals surface area contributed by atoms with E-state index in [4.69, 9.17) is 14.2 Å². The van der Waals surface area contributed by atoms with Gasteiger partial charge in [-0.15, -0.1) is 0 Å². The van der Waals surface area contributed by atoms with E-state index < -0.39 is 5.97 Å². The standard InChI is InChI=1S/C10H22O3/c1-6-11-10(9(4)5,12-7-2)13-8-3/h9H,6-8H2,1-5H3. The lowest BCUT2D eigenvalue weighted by atomic mass is 10.2. The summed E-state index contributed by atoms with van der Waals surface area (Å²) in [7, 11) is 0. The zero-order valence-corrected chi connectivity index (χ0v) is 9.42. The highest BCUT2D eigenvalue weighted by molar-refractivity contribution is 4.62. The van der Waals surface area contributed by atoms with E-state index in [1.54, 1.807) is 0 Å². The molecule has 0 bridgehead atoms. The largest absolute Gasteiger partial charge is 0.328 e. The average Bonchev–Trinajstić information content (AvgIpc) is 2.05. The van der Waals surface area contributed by atoms with Gasteiger partial charge in [0, 0.05) is 25.7 Å². The minimum atomic E-state index is -0.849. The Bertz CT molecular complexity index is 106. The first-order valence-electron chi connectivity index (χ1n) is 5.04. The first-order valence-corrected chi connectivity index (χ1v) is 5.04. The molecule has 0 saturated carbocycles. The molecule has 0 aliphatic carbocycles. The molecule has 0 aliphatic heterocycles. The normalized spacial score (nSPS) is 12.5. The van der Waals surface area contributed by atoms with Gasteiger partial charge in [-0.25, -0.2) is 0 Å². The van der Waals surface area contributed by atoms with E-state index >= 15 is 0 Å². The average molecular weight is 190 g/mol. The van der Waals surface area contributed by atoms with Gasteiger partial charge in [0.2, 0.25) is 0 Å². The quantitative estimate of drug-likeness (QED) is 0.577. The van der Waals surface area contributed by atoms with Gasteiger partial charge in [0.1, 0.15) is 0 Å². The molecule has 0 aromatic carbocycles. The third-order valence-electron chi connectivity index (χ3n) is 1.74. The molecule has 0 radical (unpaired) electrons. The minimum Gasteiger partial charge on any atom is -0.328 e. The summed E-state index contributed by atoms with van der Waals surface area (Å²) in [6, 6.07) is 0. The van der Waals surface area contributed by atoms with Crippen LogP contribution in [0.15, 0.2) is 0 Å². The first-order chi connectivity index (χ1) is 6.13. The summed E-state index contributed by atoms with van der Waals surface area (Å²) in [5.74, 6) is -0.662. The Morgan fingerprint density at radius 2 is 1.15 bits per heavy atom. The lowest BCUT2D eigenvalue weighted by Crippen LogP contribution is -2.44. The van der Waals surface area contributed by atoms with Crippen LogP contribution >= 0.6 is 0 Å². The van der Waals surface area contributed by atoms with Gasteiger partial charge >= 0.3 is 0 Å². The molecule has 0 amide bonds. The van der Waals surface area contributed by atoms with Crippen molar-refractivity contribution in [2.24, 2.45) is 5.92 Å². The molecule has 0 rings (SSSR count). The van der Waals surface area contributed by atoms with Crippen LogP contribution in [0.4, 0.5) is 0 Å². The number of hydrogen-bond acceptors (Lipinski definition) is 3. The van der Waals surface area contributed by atoms with Gasteiger partial charge in [0.05, 0.1) is 0 Å². The van der Waals surface area contributed by atoms with Crippen LogP contribution in [0.2, 0.25) is 0 Å². The molecular weight excluding hydrogens is 168 g/mol. The summed E-state index contributed by atoms with van der Waals surface area (Å²) in [4.78, 5) is 0. The molecule has 0 unspecified atom stereocenters. The molecule has 0 aromatic heterocycles. The molecule has 0 N–H and O–H groups in total. The first kappa shape index (κ1) is 12.9. The Morgan fingerprint density at radius 1 is 0.846 bits per heavy atom. The lowest BCUT2D eigenvalue weighted by molar-refractivity contribution is -0.397. The Kier molecular flexibility index (Phi) is 6.29. The second-order valence-corrected chi connectivity index (χ2v) is 3.06. The van der Waals surface area contributed by atoms with Gasteiger partial charge < -0.3 is 14.2 Å². The summed E-state index contributed by atoms with van der Waals surface area (Å²) in [6.07, 6.45) is 0. The summed E-state index contributed by atoms with van der Waals surface area (Å²) in [5.41, 5.74) is 0. The zero-order valence-electron chi connectivity index (χ0n) is 9.42. The lowest BCUT2D eigenvalue weighted by Gasteiger charge is -2.35. The highest BCUT2D eigenvalue weighted by atomic mass is 16.9. The predicted octanol–water partition coefficient (Wildman–Crippen LogP) is 2.41. The monoisotopic (exact) mass is 190 g/mol. The molecule has 0 saturated heterocycles. The van der Waals surface area contributed by atoms with E-state index in [9.17, 15) is 0 Å². The topological polar surface area (TPSA) is 27.7 Å². The second-order valence-electron chi connectivity index (χ2n) is 3.06. The van der Waals surface area contributed by atoms with Crippen molar-refractivity contribution < 1.29 is 14.2 Å². The molecule has 0 spiro atoms. The third kappa shape index (κ3) is 3.63. The molecule has 3 nitrogen and oxygen atoms in total. The molecule has 0 aliphatic rings. The predicted molar refractivity (Wildman–Crippen MR) is 52.4 cm³/mol. The van der Waals surface area contributed by atoms with E-state index in [1.807, 2.05) is 34.6 Å². The number of rotatable bonds is 7.